The van der Waals surface area contributed by atoms with E-state index < -0.39 is 4.92 Å². The molecule has 0 radical (unpaired) electrons. The zero-order valence-electron chi connectivity index (χ0n) is 11.2. The number of anilines is 1. The highest BCUT2D eigenvalue weighted by Gasteiger charge is 2.10. The number of rotatable bonds is 7. The van der Waals surface area contributed by atoms with Gasteiger partial charge in [0, 0.05) is 36.8 Å². The Morgan fingerprint density at radius 3 is 2.74 bits per heavy atom. The molecule has 1 aromatic rings. The molecule has 0 atom stereocenters. The van der Waals surface area contributed by atoms with Crippen LogP contribution in [0.3, 0.4) is 0 Å². The Hall–Kier alpha value is -2.11. The van der Waals surface area contributed by atoms with E-state index in [0.717, 1.165) is 6.42 Å². The molecule has 0 unspecified atom stereocenters. The maximum Gasteiger partial charge on any atom is 0.274 e. The molecule has 6 nitrogen and oxygen atoms in total. The van der Waals surface area contributed by atoms with Gasteiger partial charge in [-0.15, -0.1) is 0 Å². The van der Waals surface area contributed by atoms with Gasteiger partial charge < -0.3 is 10.6 Å². The van der Waals surface area contributed by atoms with Crippen molar-refractivity contribution in [2.75, 3.05) is 18.4 Å². The number of benzene rings is 1. The van der Waals surface area contributed by atoms with Crippen molar-refractivity contribution in [2.45, 2.75) is 26.7 Å². The first-order chi connectivity index (χ1) is 9.04. The van der Waals surface area contributed by atoms with Crippen molar-refractivity contribution in [3.05, 3.63) is 33.9 Å². The Morgan fingerprint density at radius 2 is 2.11 bits per heavy atom. The molecule has 0 fully saturated rings. The lowest BCUT2D eigenvalue weighted by Gasteiger charge is -2.07. The van der Waals surface area contributed by atoms with Crippen molar-refractivity contribution in [3.8, 4) is 0 Å². The molecule has 0 spiro atoms. The fraction of sp³-hybridized carbons (Fsp3) is 0.462. The summed E-state index contributed by atoms with van der Waals surface area (Å²) < 4.78 is 0. The number of amides is 1. The topological polar surface area (TPSA) is 84.3 Å². The Balaban J connectivity index is 2.48. The van der Waals surface area contributed by atoms with Gasteiger partial charge in [-0.05, 0) is 19.4 Å². The highest BCUT2D eigenvalue weighted by molar-refractivity contribution is 5.76. The number of hydrogen-bond donors (Lipinski definition) is 2. The molecule has 0 saturated carbocycles. The third kappa shape index (κ3) is 4.95. The number of hydrogen-bond acceptors (Lipinski definition) is 4. The Bertz CT molecular complexity index is 460. The molecule has 6 heteroatoms. The summed E-state index contributed by atoms with van der Waals surface area (Å²) in [4.78, 5) is 21.7. The highest BCUT2D eigenvalue weighted by atomic mass is 16.6. The van der Waals surface area contributed by atoms with Crippen LogP contribution in [0.2, 0.25) is 0 Å². The maximum absolute atomic E-state index is 11.4. The molecule has 0 aliphatic rings. The Labute approximate surface area is 112 Å². The molecule has 0 heterocycles. The SMILES string of the molecule is CCCNC(=O)CCNc1ccc(C)c([N+](=O)[O-])c1. The normalized spacial score (nSPS) is 10.0. The number of carbonyl (C=O) groups excluding carboxylic acids is 1. The number of aryl methyl sites for hydroxylation is 1. The minimum Gasteiger partial charge on any atom is -0.384 e. The van der Waals surface area contributed by atoms with Gasteiger partial charge in [0.25, 0.3) is 5.69 Å². The second-order valence-corrected chi connectivity index (χ2v) is 4.29. The fourth-order valence-corrected chi connectivity index (χ4v) is 1.59. The van der Waals surface area contributed by atoms with Crippen LogP contribution in [0.1, 0.15) is 25.3 Å². The van der Waals surface area contributed by atoms with Crippen molar-refractivity contribution in [2.24, 2.45) is 0 Å². The van der Waals surface area contributed by atoms with Crippen molar-refractivity contribution < 1.29 is 9.72 Å². The molecule has 0 aromatic heterocycles. The van der Waals surface area contributed by atoms with Gasteiger partial charge in [0.1, 0.15) is 0 Å². The van der Waals surface area contributed by atoms with Crippen LogP contribution in [0.4, 0.5) is 11.4 Å². The third-order valence-electron chi connectivity index (χ3n) is 2.66. The van der Waals surface area contributed by atoms with Crippen LogP contribution in [0.25, 0.3) is 0 Å². The first-order valence-corrected chi connectivity index (χ1v) is 6.30. The van der Waals surface area contributed by atoms with Crippen LogP contribution >= 0.6 is 0 Å². The number of nitro groups is 1. The molecule has 0 bridgehead atoms. The lowest BCUT2D eigenvalue weighted by Crippen LogP contribution is -2.25. The molecule has 1 rings (SSSR count). The van der Waals surface area contributed by atoms with Crippen LogP contribution in [-0.4, -0.2) is 23.9 Å². The summed E-state index contributed by atoms with van der Waals surface area (Å²) in [5.74, 6) is -0.0176. The summed E-state index contributed by atoms with van der Waals surface area (Å²) >= 11 is 0. The quantitative estimate of drug-likeness (QED) is 0.585. The van der Waals surface area contributed by atoms with Crippen molar-refractivity contribution in [3.63, 3.8) is 0 Å². The summed E-state index contributed by atoms with van der Waals surface area (Å²) in [6.45, 7) is 4.81. The van der Waals surface area contributed by atoms with Crippen molar-refractivity contribution in [1.82, 2.24) is 5.32 Å². The van der Waals surface area contributed by atoms with E-state index in [1.54, 1.807) is 19.1 Å². The summed E-state index contributed by atoms with van der Waals surface area (Å²) in [6, 6.07) is 4.95. The van der Waals surface area contributed by atoms with Gasteiger partial charge in [-0.1, -0.05) is 13.0 Å². The minimum atomic E-state index is -0.408. The summed E-state index contributed by atoms with van der Waals surface area (Å²) in [5, 5.41) is 16.6. The minimum absolute atomic E-state index is 0.0176. The molecule has 2 N–H and O–H groups in total. The molecule has 104 valence electrons. The van der Waals surface area contributed by atoms with Crippen LogP contribution in [0.5, 0.6) is 0 Å². The summed E-state index contributed by atoms with van der Waals surface area (Å²) in [5.41, 5.74) is 1.36. The zero-order chi connectivity index (χ0) is 14.3. The Morgan fingerprint density at radius 1 is 1.37 bits per heavy atom. The fourth-order valence-electron chi connectivity index (χ4n) is 1.59. The maximum atomic E-state index is 11.4. The average molecular weight is 265 g/mol. The summed E-state index contributed by atoms with van der Waals surface area (Å²) in [7, 11) is 0. The van der Waals surface area contributed by atoms with E-state index in [-0.39, 0.29) is 11.6 Å². The third-order valence-corrected chi connectivity index (χ3v) is 2.66. The van der Waals surface area contributed by atoms with E-state index in [0.29, 0.717) is 30.8 Å². The molecule has 1 amide bonds. The molecule has 0 aliphatic carbocycles. The molecular formula is C13H19N3O3. The van der Waals surface area contributed by atoms with E-state index >= 15 is 0 Å². The van der Waals surface area contributed by atoms with Crippen LogP contribution in [0.15, 0.2) is 18.2 Å². The first kappa shape index (κ1) is 14.9. The highest BCUT2D eigenvalue weighted by Crippen LogP contribution is 2.22. The van der Waals surface area contributed by atoms with Gasteiger partial charge in [0.2, 0.25) is 5.91 Å². The van der Waals surface area contributed by atoms with E-state index in [1.165, 1.54) is 6.07 Å². The number of nitro benzene ring substituents is 1. The second kappa shape index (κ2) is 7.35. The first-order valence-electron chi connectivity index (χ1n) is 6.30. The Kier molecular flexibility index (Phi) is 5.78. The van der Waals surface area contributed by atoms with Crippen molar-refractivity contribution in [1.29, 1.82) is 0 Å². The molecule has 19 heavy (non-hydrogen) atoms. The molecule has 0 saturated heterocycles. The van der Waals surface area contributed by atoms with Crippen molar-refractivity contribution >= 4 is 17.3 Å². The van der Waals surface area contributed by atoms with Gasteiger partial charge in [-0.25, -0.2) is 0 Å². The van der Waals surface area contributed by atoms with Gasteiger partial charge in [0.15, 0.2) is 0 Å². The predicted molar refractivity (Wildman–Crippen MR) is 74.2 cm³/mol. The second-order valence-electron chi connectivity index (χ2n) is 4.29. The predicted octanol–water partition coefficient (Wildman–Crippen LogP) is 2.23. The van der Waals surface area contributed by atoms with Crippen LogP contribution in [0, 0.1) is 17.0 Å². The van der Waals surface area contributed by atoms with E-state index in [1.807, 2.05) is 6.92 Å². The van der Waals surface area contributed by atoms with Gasteiger partial charge in [0.05, 0.1) is 4.92 Å². The zero-order valence-corrected chi connectivity index (χ0v) is 11.2. The van der Waals surface area contributed by atoms with Gasteiger partial charge >= 0.3 is 0 Å². The van der Waals surface area contributed by atoms with Crippen LogP contribution < -0.4 is 10.6 Å². The number of nitrogens with zero attached hydrogens (tertiary/aromatic N) is 1. The monoisotopic (exact) mass is 265 g/mol. The average Bonchev–Trinajstić information content (AvgIpc) is 2.38. The van der Waals surface area contributed by atoms with Gasteiger partial charge in [-0.2, -0.15) is 0 Å². The molecule has 1 aromatic carbocycles. The lowest BCUT2D eigenvalue weighted by atomic mass is 10.2. The molecular weight excluding hydrogens is 246 g/mol. The van der Waals surface area contributed by atoms with Crippen LogP contribution in [-0.2, 0) is 4.79 Å². The van der Waals surface area contributed by atoms with E-state index in [4.69, 9.17) is 0 Å². The number of carbonyl (C=O) groups is 1. The lowest BCUT2D eigenvalue weighted by molar-refractivity contribution is -0.385. The summed E-state index contributed by atoms with van der Waals surface area (Å²) in [6.07, 6.45) is 1.25. The van der Waals surface area contributed by atoms with Gasteiger partial charge in [-0.3, -0.25) is 14.9 Å². The standard InChI is InChI=1S/C13H19N3O3/c1-3-7-15-13(17)6-8-14-11-5-4-10(2)12(9-11)16(18)19/h4-5,9,14H,3,6-8H2,1-2H3,(H,15,17). The van der Waals surface area contributed by atoms with E-state index in [9.17, 15) is 14.9 Å². The molecule has 0 aliphatic heterocycles. The smallest absolute Gasteiger partial charge is 0.274 e. The van der Waals surface area contributed by atoms with E-state index in [2.05, 4.69) is 10.6 Å². The largest absolute Gasteiger partial charge is 0.384 e. The number of nitrogens with one attached hydrogen (secondary N) is 2.